The minimum absolute atomic E-state index is 0.0292. The molecule has 0 saturated carbocycles. The topological polar surface area (TPSA) is 59.1 Å². The summed E-state index contributed by atoms with van der Waals surface area (Å²) in [4.78, 5) is 4.23. The van der Waals surface area contributed by atoms with Gasteiger partial charge in [0.25, 0.3) is 0 Å². The Morgan fingerprint density at radius 3 is 2.79 bits per heavy atom. The summed E-state index contributed by atoms with van der Waals surface area (Å²) in [5.74, 6) is 0.174. The van der Waals surface area contributed by atoms with Gasteiger partial charge < -0.3 is 5.32 Å². The number of aromatic nitrogens is 1. The van der Waals surface area contributed by atoms with E-state index in [9.17, 15) is 12.8 Å². The van der Waals surface area contributed by atoms with Crippen molar-refractivity contribution in [1.29, 1.82) is 0 Å². The van der Waals surface area contributed by atoms with Crippen LogP contribution >= 0.6 is 15.9 Å². The van der Waals surface area contributed by atoms with Crippen LogP contribution in [0.2, 0.25) is 0 Å². The summed E-state index contributed by atoms with van der Waals surface area (Å²) in [5, 5.41) is 3.71. The molecule has 0 aliphatic carbocycles. The van der Waals surface area contributed by atoms with Gasteiger partial charge in [-0.3, -0.25) is 0 Å². The highest BCUT2D eigenvalue weighted by atomic mass is 79.9. The van der Waals surface area contributed by atoms with Crippen molar-refractivity contribution in [2.45, 2.75) is 0 Å². The van der Waals surface area contributed by atoms with Crippen LogP contribution in [0.5, 0.6) is 0 Å². The number of benzene rings is 1. The molecular weight excluding hydrogens is 335 g/mol. The number of nitrogens with zero attached hydrogens (tertiary/aromatic N) is 1. The average Bonchev–Trinajstić information content (AvgIpc) is 2.29. The molecule has 0 bridgehead atoms. The fourth-order valence-corrected chi connectivity index (χ4v) is 2.41. The summed E-state index contributed by atoms with van der Waals surface area (Å²) in [6, 6.07) is 6.52. The van der Waals surface area contributed by atoms with Crippen LogP contribution in [0.25, 0.3) is 10.9 Å². The summed E-state index contributed by atoms with van der Waals surface area (Å²) in [7, 11) is -3.01. The lowest BCUT2D eigenvalue weighted by atomic mass is 10.2. The highest BCUT2D eigenvalue weighted by Gasteiger charge is 2.05. The second kappa shape index (κ2) is 5.42. The van der Waals surface area contributed by atoms with Gasteiger partial charge in [-0.25, -0.2) is 17.8 Å². The van der Waals surface area contributed by atoms with Crippen LogP contribution in [0.15, 0.2) is 28.7 Å². The van der Waals surface area contributed by atoms with E-state index in [1.807, 2.05) is 0 Å². The molecule has 1 N–H and O–H groups in total. The first-order valence-electron chi connectivity index (χ1n) is 5.52. The predicted molar refractivity (Wildman–Crippen MR) is 77.6 cm³/mol. The number of hydrogen-bond acceptors (Lipinski definition) is 4. The van der Waals surface area contributed by atoms with E-state index in [1.165, 1.54) is 12.3 Å². The summed E-state index contributed by atoms with van der Waals surface area (Å²) < 4.78 is 35.8. The molecule has 1 aromatic heterocycles. The number of pyridine rings is 1. The van der Waals surface area contributed by atoms with Crippen molar-refractivity contribution in [3.8, 4) is 0 Å². The third-order valence-electron chi connectivity index (χ3n) is 2.51. The fourth-order valence-electron chi connectivity index (χ4n) is 1.58. The molecule has 0 spiro atoms. The van der Waals surface area contributed by atoms with E-state index < -0.39 is 9.84 Å². The summed E-state index contributed by atoms with van der Waals surface area (Å²) in [6.07, 6.45) is 1.18. The lowest BCUT2D eigenvalue weighted by molar-refractivity contribution is 0.602. The number of sulfone groups is 1. The van der Waals surface area contributed by atoms with Crippen molar-refractivity contribution in [3.05, 3.63) is 34.6 Å². The van der Waals surface area contributed by atoms with Gasteiger partial charge >= 0.3 is 0 Å². The summed E-state index contributed by atoms with van der Waals surface area (Å²) >= 11 is 3.11. The zero-order valence-electron chi connectivity index (χ0n) is 10.2. The number of hydrogen-bond donors (Lipinski definition) is 1. The van der Waals surface area contributed by atoms with E-state index in [4.69, 9.17) is 0 Å². The molecule has 4 nitrogen and oxygen atoms in total. The predicted octanol–water partition coefficient (Wildman–Crippen LogP) is 2.59. The van der Waals surface area contributed by atoms with Gasteiger partial charge in [0.15, 0.2) is 0 Å². The van der Waals surface area contributed by atoms with E-state index in [2.05, 4.69) is 26.2 Å². The number of rotatable bonds is 4. The molecule has 2 aromatic rings. The Balaban J connectivity index is 2.19. The maximum Gasteiger partial charge on any atom is 0.149 e. The monoisotopic (exact) mass is 346 g/mol. The Kier molecular flexibility index (Phi) is 4.05. The van der Waals surface area contributed by atoms with Crippen LogP contribution in [0.1, 0.15) is 0 Å². The van der Waals surface area contributed by atoms with E-state index in [1.54, 1.807) is 18.2 Å². The third kappa shape index (κ3) is 3.87. The standard InChI is InChI=1S/C12H12BrFN2O2S/c1-19(17,18)5-4-15-12-3-2-8-6-9(13)10(14)7-11(8)16-12/h2-3,6-7H,4-5H2,1H3,(H,15,16). The molecule has 1 heterocycles. The highest BCUT2D eigenvalue weighted by Crippen LogP contribution is 2.23. The lowest BCUT2D eigenvalue weighted by Crippen LogP contribution is -2.14. The molecule has 2 rings (SSSR count). The molecule has 0 saturated heterocycles. The van der Waals surface area contributed by atoms with Gasteiger partial charge in [-0.1, -0.05) is 0 Å². The van der Waals surface area contributed by atoms with Gasteiger partial charge in [0.05, 0.1) is 15.7 Å². The van der Waals surface area contributed by atoms with Crippen LogP contribution in [-0.2, 0) is 9.84 Å². The minimum Gasteiger partial charge on any atom is -0.369 e. The van der Waals surface area contributed by atoms with Crippen LogP contribution in [0.3, 0.4) is 0 Å². The first kappa shape index (κ1) is 14.2. The Morgan fingerprint density at radius 1 is 1.37 bits per heavy atom. The van der Waals surface area contributed by atoms with Crippen LogP contribution in [-0.4, -0.2) is 32.0 Å². The van der Waals surface area contributed by atoms with E-state index >= 15 is 0 Å². The quantitative estimate of drug-likeness (QED) is 0.924. The molecule has 0 radical (unpaired) electrons. The molecule has 0 atom stereocenters. The maximum atomic E-state index is 13.4. The van der Waals surface area contributed by atoms with Crippen molar-refractivity contribution in [2.75, 3.05) is 23.9 Å². The van der Waals surface area contributed by atoms with Gasteiger partial charge in [0.1, 0.15) is 21.5 Å². The van der Waals surface area contributed by atoms with Crippen molar-refractivity contribution in [3.63, 3.8) is 0 Å². The Hall–Kier alpha value is -1.21. The van der Waals surface area contributed by atoms with E-state index in [0.717, 1.165) is 5.39 Å². The molecule has 0 aliphatic heterocycles. The first-order chi connectivity index (χ1) is 8.85. The zero-order valence-corrected chi connectivity index (χ0v) is 12.6. The smallest absolute Gasteiger partial charge is 0.149 e. The molecular formula is C12H12BrFN2O2S. The van der Waals surface area contributed by atoms with E-state index in [0.29, 0.717) is 15.8 Å². The van der Waals surface area contributed by atoms with Crippen molar-refractivity contribution in [1.82, 2.24) is 4.98 Å². The van der Waals surface area contributed by atoms with Crippen molar-refractivity contribution < 1.29 is 12.8 Å². The van der Waals surface area contributed by atoms with Crippen molar-refractivity contribution >= 4 is 42.5 Å². The molecule has 19 heavy (non-hydrogen) atoms. The third-order valence-corrected chi connectivity index (χ3v) is 4.06. The Morgan fingerprint density at radius 2 is 2.11 bits per heavy atom. The summed E-state index contributed by atoms with van der Waals surface area (Å²) in [5.41, 5.74) is 0.519. The van der Waals surface area contributed by atoms with Gasteiger partial charge in [-0.2, -0.15) is 0 Å². The molecule has 1 aromatic carbocycles. The lowest BCUT2D eigenvalue weighted by Gasteiger charge is -2.06. The number of nitrogens with one attached hydrogen (secondary N) is 1. The fraction of sp³-hybridized carbons (Fsp3) is 0.250. The molecule has 0 fully saturated rings. The van der Waals surface area contributed by atoms with Gasteiger partial charge in [0.2, 0.25) is 0 Å². The molecule has 0 aliphatic rings. The number of halogens is 2. The SMILES string of the molecule is CS(=O)(=O)CCNc1ccc2cc(Br)c(F)cc2n1. The average molecular weight is 347 g/mol. The molecule has 0 unspecified atom stereocenters. The first-order valence-corrected chi connectivity index (χ1v) is 8.38. The minimum atomic E-state index is -3.01. The van der Waals surface area contributed by atoms with Crippen LogP contribution in [0.4, 0.5) is 10.2 Å². The Labute approximate surface area is 119 Å². The number of fused-ring (bicyclic) bond motifs is 1. The second-order valence-corrected chi connectivity index (χ2v) is 7.33. The van der Waals surface area contributed by atoms with Gasteiger partial charge in [-0.05, 0) is 34.1 Å². The maximum absolute atomic E-state index is 13.4. The van der Waals surface area contributed by atoms with Crippen LogP contribution in [0, 0.1) is 5.82 Å². The van der Waals surface area contributed by atoms with Crippen molar-refractivity contribution in [2.24, 2.45) is 0 Å². The highest BCUT2D eigenvalue weighted by molar-refractivity contribution is 9.10. The second-order valence-electron chi connectivity index (χ2n) is 4.21. The van der Waals surface area contributed by atoms with Gasteiger partial charge in [0, 0.05) is 24.3 Å². The van der Waals surface area contributed by atoms with Crippen LogP contribution < -0.4 is 5.32 Å². The molecule has 0 amide bonds. The molecule has 102 valence electrons. The molecule has 7 heteroatoms. The largest absolute Gasteiger partial charge is 0.369 e. The van der Waals surface area contributed by atoms with E-state index in [-0.39, 0.29) is 18.1 Å². The Bertz CT molecular complexity index is 719. The normalized spacial score (nSPS) is 11.7. The summed E-state index contributed by atoms with van der Waals surface area (Å²) in [6.45, 7) is 0.274. The number of anilines is 1. The zero-order chi connectivity index (χ0) is 14.0. The van der Waals surface area contributed by atoms with Gasteiger partial charge in [-0.15, -0.1) is 0 Å².